The highest BCUT2D eigenvalue weighted by Crippen LogP contribution is 2.20. The molecule has 1 aromatic heterocycles. The second-order valence-corrected chi connectivity index (χ2v) is 5.34. The zero-order valence-electron chi connectivity index (χ0n) is 12.5. The number of nitrogens with two attached hydrogens (primary N) is 1. The maximum atomic E-state index is 6.41. The largest absolute Gasteiger partial charge is 0.326 e. The number of likely N-dealkylation sites (N-methyl/N-ethyl adjacent to an activating group) is 1. The van der Waals surface area contributed by atoms with Gasteiger partial charge < -0.3 is 5.73 Å². The molecule has 0 aromatic carbocycles. The van der Waals surface area contributed by atoms with Crippen LogP contribution in [-0.2, 0) is 13.0 Å². The van der Waals surface area contributed by atoms with Crippen molar-refractivity contribution in [1.29, 1.82) is 0 Å². The summed E-state index contributed by atoms with van der Waals surface area (Å²) in [4.78, 5) is 2.42. The molecule has 1 atom stereocenters. The van der Waals surface area contributed by atoms with Gasteiger partial charge in [-0.05, 0) is 45.8 Å². The van der Waals surface area contributed by atoms with Gasteiger partial charge in [0.2, 0.25) is 0 Å². The summed E-state index contributed by atoms with van der Waals surface area (Å²) in [7, 11) is 0. The zero-order chi connectivity index (χ0) is 13.8. The van der Waals surface area contributed by atoms with Crippen molar-refractivity contribution in [3.05, 3.63) is 18.0 Å². The maximum absolute atomic E-state index is 6.41. The predicted octanol–water partition coefficient (Wildman–Crippen LogP) is 1.89. The minimum atomic E-state index is 0.0117. The third kappa shape index (κ3) is 3.33. The minimum Gasteiger partial charge on any atom is -0.326 e. The molecule has 1 aromatic rings. The van der Waals surface area contributed by atoms with Gasteiger partial charge in [-0.1, -0.05) is 13.8 Å². The van der Waals surface area contributed by atoms with Gasteiger partial charge in [0.05, 0.1) is 6.20 Å². The van der Waals surface area contributed by atoms with E-state index in [1.165, 1.54) is 5.56 Å². The van der Waals surface area contributed by atoms with Crippen LogP contribution in [0.25, 0.3) is 0 Å². The Morgan fingerprint density at radius 1 is 1.33 bits per heavy atom. The second-order valence-electron chi connectivity index (χ2n) is 5.34. The Hall–Kier alpha value is -0.870. The van der Waals surface area contributed by atoms with Crippen LogP contribution in [0.1, 0.15) is 40.2 Å². The molecular weight excluding hydrogens is 224 g/mol. The topological polar surface area (TPSA) is 47.1 Å². The van der Waals surface area contributed by atoms with Crippen molar-refractivity contribution in [2.24, 2.45) is 5.73 Å². The standard InChI is InChI=1S/C14H28N4/c1-6-17(7-2)14(4,5)13(15)9-12-10-16-18(8-3)11-12/h10-11,13H,6-9,15H2,1-5H3. The first kappa shape index (κ1) is 15.2. The van der Waals surface area contributed by atoms with Crippen LogP contribution in [0.5, 0.6) is 0 Å². The fourth-order valence-corrected chi connectivity index (χ4v) is 2.46. The van der Waals surface area contributed by atoms with Crippen LogP contribution in [-0.4, -0.2) is 39.4 Å². The lowest BCUT2D eigenvalue weighted by molar-refractivity contribution is 0.106. The fraction of sp³-hybridized carbons (Fsp3) is 0.786. The molecule has 1 heterocycles. The summed E-state index contributed by atoms with van der Waals surface area (Å²) < 4.78 is 1.95. The summed E-state index contributed by atoms with van der Waals surface area (Å²) in [5, 5.41) is 4.30. The minimum absolute atomic E-state index is 0.0117. The Balaban J connectivity index is 2.71. The van der Waals surface area contributed by atoms with Crippen molar-refractivity contribution in [2.45, 2.75) is 59.2 Å². The molecule has 0 fully saturated rings. The summed E-state index contributed by atoms with van der Waals surface area (Å²) in [6.07, 6.45) is 4.91. The number of aromatic nitrogens is 2. The molecule has 0 bridgehead atoms. The monoisotopic (exact) mass is 252 g/mol. The van der Waals surface area contributed by atoms with Crippen LogP contribution in [0.4, 0.5) is 0 Å². The Morgan fingerprint density at radius 2 is 1.94 bits per heavy atom. The van der Waals surface area contributed by atoms with Crippen molar-refractivity contribution < 1.29 is 0 Å². The third-order valence-electron chi connectivity index (χ3n) is 3.95. The van der Waals surface area contributed by atoms with Crippen molar-refractivity contribution in [3.8, 4) is 0 Å². The zero-order valence-corrected chi connectivity index (χ0v) is 12.5. The van der Waals surface area contributed by atoms with Crippen LogP contribution in [0.3, 0.4) is 0 Å². The van der Waals surface area contributed by atoms with Gasteiger partial charge in [0.1, 0.15) is 0 Å². The molecule has 0 aliphatic carbocycles. The second kappa shape index (κ2) is 6.34. The van der Waals surface area contributed by atoms with Gasteiger partial charge in [-0.2, -0.15) is 5.10 Å². The molecule has 0 amide bonds. The van der Waals surface area contributed by atoms with E-state index in [0.29, 0.717) is 0 Å². The van der Waals surface area contributed by atoms with E-state index >= 15 is 0 Å². The van der Waals surface area contributed by atoms with Crippen molar-refractivity contribution in [3.63, 3.8) is 0 Å². The molecule has 4 nitrogen and oxygen atoms in total. The number of hydrogen-bond donors (Lipinski definition) is 1. The van der Waals surface area contributed by atoms with Gasteiger partial charge in [-0.15, -0.1) is 0 Å². The van der Waals surface area contributed by atoms with E-state index in [1.807, 2.05) is 10.9 Å². The summed E-state index contributed by atoms with van der Waals surface area (Å²) in [5.41, 5.74) is 7.65. The van der Waals surface area contributed by atoms with Crippen LogP contribution in [0.15, 0.2) is 12.4 Å². The fourth-order valence-electron chi connectivity index (χ4n) is 2.46. The first-order valence-electron chi connectivity index (χ1n) is 6.97. The van der Waals surface area contributed by atoms with E-state index in [4.69, 9.17) is 5.73 Å². The number of rotatable bonds is 7. The van der Waals surface area contributed by atoms with E-state index < -0.39 is 0 Å². The first-order chi connectivity index (χ1) is 8.45. The molecule has 4 heteroatoms. The van der Waals surface area contributed by atoms with Crippen molar-refractivity contribution in [2.75, 3.05) is 13.1 Å². The molecule has 1 rings (SSSR count). The highest BCUT2D eigenvalue weighted by Gasteiger charge is 2.31. The Kier molecular flexibility index (Phi) is 5.35. The van der Waals surface area contributed by atoms with Gasteiger partial charge >= 0.3 is 0 Å². The molecule has 0 aliphatic heterocycles. The lowest BCUT2D eigenvalue weighted by atomic mass is 9.89. The SMILES string of the molecule is CCN(CC)C(C)(C)C(N)Cc1cnn(CC)c1. The summed E-state index contributed by atoms with van der Waals surface area (Å²) in [6.45, 7) is 13.9. The summed E-state index contributed by atoms with van der Waals surface area (Å²) >= 11 is 0. The van der Waals surface area contributed by atoms with E-state index in [1.54, 1.807) is 0 Å². The van der Waals surface area contributed by atoms with E-state index in [0.717, 1.165) is 26.1 Å². The van der Waals surface area contributed by atoms with E-state index in [9.17, 15) is 0 Å². The van der Waals surface area contributed by atoms with Gasteiger partial charge in [0, 0.05) is 24.3 Å². The molecule has 104 valence electrons. The van der Waals surface area contributed by atoms with Gasteiger partial charge in [-0.25, -0.2) is 0 Å². The highest BCUT2D eigenvalue weighted by atomic mass is 15.3. The molecule has 0 saturated heterocycles. The lowest BCUT2D eigenvalue weighted by Crippen LogP contribution is -2.56. The summed E-state index contributed by atoms with van der Waals surface area (Å²) in [5.74, 6) is 0. The van der Waals surface area contributed by atoms with Crippen LogP contribution >= 0.6 is 0 Å². The molecule has 0 saturated carbocycles. The van der Waals surface area contributed by atoms with Gasteiger partial charge in [-0.3, -0.25) is 9.58 Å². The Morgan fingerprint density at radius 3 is 2.39 bits per heavy atom. The van der Waals surface area contributed by atoms with E-state index in [-0.39, 0.29) is 11.6 Å². The molecule has 0 radical (unpaired) electrons. The molecule has 2 N–H and O–H groups in total. The first-order valence-corrected chi connectivity index (χ1v) is 6.97. The Labute approximate surface area is 111 Å². The normalized spacial score (nSPS) is 14.2. The third-order valence-corrected chi connectivity index (χ3v) is 3.95. The van der Waals surface area contributed by atoms with E-state index in [2.05, 4.69) is 50.8 Å². The highest BCUT2D eigenvalue weighted by molar-refractivity contribution is 5.09. The van der Waals surface area contributed by atoms with Crippen molar-refractivity contribution in [1.82, 2.24) is 14.7 Å². The molecular formula is C14H28N4. The van der Waals surface area contributed by atoms with Crippen LogP contribution in [0, 0.1) is 0 Å². The average Bonchev–Trinajstić information content (AvgIpc) is 2.78. The number of nitrogens with zero attached hydrogens (tertiary/aromatic N) is 3. The maximum Gasteiger partial charge on any atom is 0.0522 e. The molecule has 1 unspecified atom stereocenters. The number of hydrogen-bond acceptors (Lipinski definition) is 3. The van der Waals surface area contributed by atoms with Crippen LogP contribution in [0.2, 0.25) is 0 Å². The molecule has 18 heavy (non-hydrogen) atoms. The summed E-state index contributed by atoms with van der Waals surface area (Å²) in [6, 6.07) is 0.118. The quantitative estimate of drug-likeness (QED) is 0.806. The predicted molar refractivity (Wildman–Crippen MR) is 76.6 cm³/mol. The van der Waals surface area contributed by atoms with Crippen LogP contribution < -0.4 is 5.73 Å². The van der Waals surface area contributed by atoms with Gasteiger partial charge in [0.15, 0.2) is 0 Å². The lowest BCUT2D eigenvalue weighted by Gasteiger charge is -2.41. The molecule has 0 aliphatic rings. The molecule has 0 spiro atoms. The van der Waals surface area contributed by atoms with Crippen molar-refractivity contribution >= 4 is 0 Å². The number of aryl methyl sites for hydroxylation is 1. The average molecular weight is 252 g/mol. The smallest absolute Gasteiger partial charge is 0.0522 e. The van der Waals surface area contributed by atoms with Gasteiger partial charge in [0.25, 0.3) is 0 Å². The Bertz CT molecular complexity index is 352.